The largest absolute Gasteiger partial charge is 0.323 e. The second kappa shape index (κ2) is 5.00. The van der Waals surface area contributed by atoms with Crippen LogP contribution in [-0.2, 0) is 4.79 Å². The summed E-state index contributed by atoms with van der Waals surface area (Å²) in [6.45, 7) is 8.01. The molecule has 4 heteroatoms. The molecule has 1 amide bonds. The summed E-state index contributed by atoms with van der Waals surface area (Å²) in [5.41, 5.74) is 1.05. The molecular weight excluding hydrogens is 260 g/mol. The predicted octanol–water partition coefficient (Wildman–Crippen LogP) is 4.14. The first-order chi connectivity index (χ1) is 9.23. The van der Waals surface area contributed by atoms with Crippen LogP contribution in [0.5, 0.6) is 0 Å². The molecule has 1 aromatic rings. The molecule has 0 saturated heterocycles. The summed E-state index contributed by atoms with van der Waals surface area (Å²) < 4.78 is 26.4. The second-order valence-corrected chi connectivity index (χ2v) is 6.18. The Balaban J connectivity index is 2.12. The fraction of sp³-hybridized carbons (Fsp3) is 0.438. The molecule has 1 fully saturated rings. The van der Waals surface area contributed by atoms with E-state index in [2.05, 4.69) is 11.4 Å². The van der Waals surface area contributed by atoms with E-state index in [1.54, 1.807) is 0 Å². The Labute approximate surface area is 117 Å². The smallest absolute Gasteiger partial charge is 0.228 e. The number of benzene rings is 1. The van der Waals surface area contributed by atoms with E-state index in [1.807, 2.05) is 27.7 Å². The summed E-state index contributed by atoms with van der Waals surface area (Å²) in [6, 6.07) is 3.14. The second-order valence-electron chi connectivity index (χ2n) is 6.18. The highest BCUT2D eigenvalue weighted by Gasteiger charge is 2.60. The normalized spacial score (nSPS) is 23.1. The molecule has 2 rings (SSSR count). The van der Waals surface area contributed by atoms with Crippen LogP contribution in [-0.4, -0.2) is 5.91 Å². The number of hydrogen-bond acceptors (Lipinski definition) is 1. The maximum Gasteiger partial charge on any atom is 0.228 e. The molecule has 1 aromatic carbocycles. The minimum absolute atomic E-state index is 0.0232. The molecule has 20 heavy (non-hydrogen) atoms. The quantitative estimate of drug-likeness (QED) is 0.828. The van der Waals surface area contributed by atoms with Gasteiger partial charge in [0.2, 0.25) is 5.91 Å². The summed E-state index contributed by atoms with van der Waals surface area (Å²) in [7, 11) is 0. The van der Waals surface area contributed by atoms with Crippen molar-refractivity contribution in [2.24, 2.45) is 17.3 Å². The highest BCUT2D eigenvalue weighted by Crippen LogP contribution is 2.59. The van der Waals surface area contributed by atoms with Crippen molar-refractivity contribution in [3.63, 3.8) is 0 Å². The lowest BCUT2D eigenvalue weighted by atomic mass is 10.1. The van der Waals surface area contributed by atoms with Crippen molar-refractivity contribution in [2.45, 2.75) is 27.7 Å². The summed E-state index contributed by atoms with van der Waals surface area (Å²) in [5.74, 6) is -1.65. The zero-order valence-electron chi connectivity index (χ0n) is 12.1. The minimum Gasteiger partial charge on any atom is -0.323 e. The maximum atomic E-state index is 13.5. The molecule has 0 heterocycles. The van der Waals surface area contributed by atoms with Crippen molar-refractivity contribution < 1.29 is 13.6 Å². The van der Waals surface area contributed by atoms with E-state index in [9.17, 15) is 13.6 Å². The third-order valence-electron chi connectivity index (χ3n) is 3.90. The van der Waals surface area contributed by atoms with Gasteiger partial charge in [-0.1, -0.05) is 25.5 Å². The van der Waals surface area contributed by atoms with Crippen LogP contribution in [0.15, 0.2) is 29.8 Å². The fourth-order valence-corrected chi connectivity index (χ4v) is 2.65. The molecule has 1 aliphatic carbocycles. The zero-order chi connectivity index (χ0) is 15.1. The molecule has 0 radical (unpaired) electrons. The highest BCUT2D eigenvalue weighted by molar-refractivity contribution is 5.95. The molecular formula is C16H19F2NO. The fourth-order valence-electron chi connectivity index (χ4n) is 2.65. The van der Waals surface area contributed by atoms with Crippen LogP contribution in [0.25, 0.3) is 0 Å². The van der Waals surface area contributed by atoms with Crippen molar-refractivity contribution in [1.29, 1.82) is 0 Å². The third kappa shape index (κ3) is 2.74. The first kappa shape index (κ1) is 14.7. The summed E-state index contributed by atoms with van der Waals surface area (Å²) >= 11 is 0. The molecule has 1 saturated carbocycles. The van der Waals surface area contributed by atoms with E-state index < -0.39 is 11.6 Å². The number of carbonyl (C=O) groups excluding carboxylic acids is 1. The lowest BCUT2D eigenvalue weighted by molar-refractivity contribution is -0.118. The Hall–Kier alpha value is -1.71. The summed E-state index contributed by atoms with van der Waals surface area (Å²) in [5, 5.41) is 2.55. The number of halogens is 2. The highest BCUT2D eigenvalue weighted by atomic mass is 19.1. The SMILES string of the molecule is CC(C)=CC1C(C(=O)Nc2ccc(F)cc2F)C1(C)C. The molecule has 0 aliphatic heterocycles. The van der Waals surface area contributed by atoms with Gasteiger partial charge in [-0.2, -0.15) is 0 Å². The van der Waals surface area contributed by atoms with Crippen LogP contribution in [0.1, 0.15) is 27.7 Å². The average Bonchev–Trinajstić information content (AvgIpc) is 2.83. The van der Waals surface area contributed by atoms with Gasteiger partial charge < -0.3 is 5.32 Å². The van der Waals surface area contributed by atoms with E-state index >= 15 is 0 Å². The van der Waals surface area contributed by atoms with Gasteiger partial charge in [-0.05, 0) is 37.3 Å². The Bertz CT molecular complexity index is 574. The van der Waals surface area contributed by atoms with Gasteiger partial charge in [0, 0.05) is 6.07 Å². The maximum absolute atomic E-state index is 13.5. The van der Waals surface area contributed by atoms with Crippen molar-refractivity contribution >= 4 is 11.6 Å². The van der Waals surface area contributed by atoms with E-state index in [-0.39, 0.29) is 28.8 Å². The first-order valence-corrected chi connectivity index (χ1v) is 6.64. The van der Waals surface area contributed by atoms with Crippen LogP contribution in [0.3, 0.4) is 0 Å². The topological polar surface area (TPSA) is 29.1 Å². The van der Waals surface area contributed by atoms with Crippen LogP contribution in [0, 0.1) is 28.9 Å². The van der Waals surface area contributed by atoms with Gasteiger partial charge in [-0.3, -0.25) is 4.79 Å². The molecule has 2 unspecified atom stereocenters. The minimum atomic E-state index is -0.754. The van der Waals surface area contributed by atoms with E-state index in [0.717, 1.165) is 17.7 Å². The van der Waals surface area contributed by atoms with E-state index in [1.165, 1.54) is 6.07 Å². The number of hydrogen-bond donors (Lipinski definition) is 1. The van der Waals surface area contributed by atoms with Crippen molar-refractivity contribution in [3.05, 3.63) is 41.5 Å². The van der Waals surface area contributed by atoms with Crippen LogP contribution in [0.4, 0.5) is 14.5 Å². The molecule has 2 atom stereocenters. The number of allylic oxidation sites excluding steroid dienone is 2. The number of carbonyl (C=O) groups is 1. The van der Waals surface area contributed by atoms with Gasteiger partial charge in [-0.25, -0.2) is 8.78 Å². The number of anilines is 1. The molecule has 1 aliphatic rings. The Morgan fingerprint density at radius 1 is 1.30 bits per heavy atom. The van der Waals surface area contributed by atoms with Crippen molar-refractivity contribution in [3.8, 4) is 0 Å². The molecule has 0 aromatic heterocycles. The first-order valence-electron chi connectivity index (χ1n) is 6.64. The summed E-state index contributed by atoms with van der Waals surface area (Å²) in [4.78, 5) is 12.2. The van der Waals surface area contributed by atoms with Gasteiger partial charge in [0.05, 0.1) is 11.6 Å². The van der Waals surface area contributed by atoms with Gasteiger partial charge >= 0.3 is 0 Å². The van der Waals surface area contributed by atoms with Crippen LogP contribution >= 0.6 is 0 Å². The predicted molar refractivity (Wildman–Crippen MR) is 75.2 cm³/mol. The average molecular weight is 279 g/mol. The Kier molecular flexibility index (Phi) is 3.67. The monoisotopic (exact) mass is 279 g/mol. The zero-order valence-corrected chi connectivity index (χ0v) is 12.1. The number of amides is 1. The molecule has 1 N–H and O–H groups in total. The molecule has 2 nitrogen and oxygen atoms in total. The van der Waals surface area contributed by atoms with Gasteiger partial charge in [0.15, 0.2) is 0 Å². The standard InChI is InChI=1S/C16H19F2NO/c1-9(2)7-11-14(16(11,3)4)15(20)19-13-6-5-10(17)8-12(13)18/h5-8,11,14H,1-4H3,(H,19,20). The van der Waals surface area contributed by atoms with E-state index in [0.29, 0.717) is 0 Å². The van der Waals surface area contributed by atoms with Gasteiger partial charge in [-0.15, -0.1) is 0 Å². The third-order valence-corrected chi connectivity index (χ3v) is 3.90. The van der Waals surface area contributed by atoms with Gasteiger partial charge in [0.25, 0.3) is 0 Å². The van der Waals surface area contributed by atoms with Crippen molar-refractivity contribution in [1.82, 2.24) is 0 Å². The summed E-state index contributed by atoms with van der Waals surface area (Å²) in [6.07, 6.45) is 2.07. The van der Waals surface area contributed by atoms with E-state index in [4.69, 9.17) is 0 Å². The molecule has 0 spiro atoms. The number of nitrogens with one attached hydrogen (secondary N) is 1. The lowest BCUT2D eigenvalue weighted by Gasteiger charge is -2.07. The van der Waals surface area contributed by atoms with Crippen LogP contribution in [0.2, 0.25) is 0 Å². The number of rotatable bonds is 3. The Morgan fingerprint density at radius 3 is 2.50 bits per heavy atom. The lowest BCUT2D eigenvalue weighted by Crippen LogP contribution is -2.17. The van der Waals surface area contributed by atoms with Crippen molar-refractivity contribution in [2.75, 3.05) is 5.32 Å². The molecule has 0 bridgehead atoms. The van der Waals surface area contributed by atoms with Gasteiger partial charge in [0.1, 0.15) is 11.6 Å². The van der Waals surface area contributed by atoms with Crippen LogP contribution < -0.4 is 5.32 Å². The Morgan fingerprint density at radius 2 is 1.95 bits per heavy atom. The molecule has 108 valence electrons.